The Bertz CT molecular complexity index is 1230. The molecule has 0 saturated carbocycles. The first-order valence-electron chi connectivity index (χ1n) is 10.4. The van der Waals surface area contributed by atoms with Crippen molar-refractivity contribution in [2.24, 2.45) is 0 Å². The molecule has 5 rings (SSSR count). The molecule has 2 aliphatic rings. The first-order chi connectivity index (χ1) is 15.5. The monoisotopic (exact) mass is 590 g/mol. The summed E-state index contributed by atoms with van der Waals surface area (Å²) in [4.78, 5) is 15.5. The van der Waals surface area contributed by atoms with Crippen LogP contribution in [0, 0.1) is 0 Å². The first kappa shape index (κ1) is 22.3. The second kappa shape index (κ2) is 9.43. The van der Waals surface area contributed by atoms with Gasteiger partial charge in [0.2, 0.25) is 0 Å². The minimum Gasteiger partial charge on any atom is -0.376 e. The first-order valence-corrected chi connectivity index (χ1v) is 13.2. The van der Waals surface area contributed by atoms with E-state index in [1.54, 1.807) is 4.90 Å². The molecule has 32 heavy (non-hydrogen) atoms. The van der Waals surface area contributed by atoms with Gasteiger partial charge in [-0.3, -0.25) is 9.69 Å². The molecular formula is C24H20Br2N2O2S2. The summed E-state index contributed by atoms with van der Waals surface area (Å²) in [5.74, 6) is -0.0284. The third kappa shape index (κ3) is 4.61. The van der Waals surface area contributed by atoms with Crippen LogP contribution in [0.15, 0.2) is 62.5 Å². The SMILES string of the molecule is O=C1/C(=C/c2cn(Cc3ccc(Br)cc3)c3ccc(Br)cc23)SC(=S)N1C[C@H]1CCCO1. The van der Waals surface area contributed by atoms with Crippen molar-refractivity contribution < 1.29 is 9.53 Å². The maximum Gasteiger partial charge on any atom is 0.266 e. The maximum atomic E-state index is 13.1. The summed E-state index contributed by atoms with van der Waals surface area (Å²) in [7, 11) is 0. The fraction of sp³-hybridized carbons (Fsp3) is 0.250. The highest BCUT2D eigenvalue weighted by Crippen LogP contribution is 2.36. The molecule has 0 N–H and O–H groups in total. The van der Waals surface area contributed by atoms with Crippen molar-refractivity contribution in [1.29, 1.82) is 0 Å². The predicted molar refractivity (Wildman–Crippen MR) is 142 cm³/mol. The second-order valence-corrected chi connectivity index (χ2v) is 11.4. The quantitative estimate of drug-likeness (QED) is 0.247. The molecule has 164 valence electrons. The number of ether oxygens (including phenoxy) is 1. The number of hydrogen-bond acceptors (Lipinski definition) is 4. The number of benzene rings is 2. The zero-order valence-electron chi connectivity index (χ0n) is 17.1. The van der Waals surface area contributed by atoms with Crippen LogP contribution in [0.25, 0.3) is 17.0 Å². The van der Waals surface area contributed by atoms with Crippen molar-refractivity contribution in [3.05, 3.63) is 73.6 Å². The Hall–Kier alpha value is -1.45. The zero-order valence-corrected chi connectivity index (χ0v) is 21.9. The molecule has 0 unspecified atom stereocenters. The molecule has 2 fully saturated rings. The summed E-state index contributed by atoms with van der Waals surface area (Å²) in [6, 6.07) is 14.6. The van der Waals surface area contributed by atoms with E-state index in [-0.39, 0.29) is 12.0 Å². The Balaban J connectivity index is 1.47. The molecule has 2 aromatic carbocycles. The molecule has 1 atom stereocenters. The standard InChI is InChI=1S/C24H20Br2N2O2S2/c25-17-5-3-15(4-6-17)12-27-13-16(20-11-18(26)7-8-21(20)27)10-22-23(29)28(24(31)32-22)14-19-2-1-9-30-19/h3-8,10-11,13,19H,1-2,9,12,14H2/b22-10-/t19-/m1/s1. The fourth-order valence-electron chi connectivity index (χ4n) is 4.12. The van der Waals surface area contributed by atoms with Gasteiger partial charge >= 0.3 is 0 Å². The van der Waals surface area contributed by atoms with Crippen LogP contribution in [-0.4, -0.2) is 39.0 Å². The van der Waals surface area contributed by atoms with Gasteiger partial charge in [0.25, 0.3) is 5.91 Å². The molecule has 0 radical (unpaired) electrons. The van der Waals surface area contributed by atoms with Crippen molar-refractivity contribution in [2.75, 3.05) is 13.2 Å². The van der Waals surface area contributed by atoms with Crippen LogP contribution in [-0.2, 0) is 16.1 Å². The van der Waals surface area contributed by atoms with Gasteiger partial charge in [0, 0.05) is 44.8 Å². The van der Waals surface area contributed by atoms with E-state index >= 15 is 0 Å². The van der Waals surface area contributed by atoms with Gasteiger partial charge in [-0.05, 0) is 54.8 Å². The minimum atomic E-state index is -0.0284. The normalized spacial score (nSPS) is 20.2. The van der Waals surface area contributed by atoms with Crippen LogP contribution in [0.4, 0.5) is 0 Å². The van der Waals surface area contributed by atoms with Gasteiger partial charge in [0.15, 0.2) is 0 Å². The van der Waals surface area contributed by atoms with Gasteiger partial charge in [-0.2, -0.15) is 0 Å². The number of halogens is 2. The molecule has 8 heteroatoms. The summed E-state index contributed by atoms with van der Waals surface area (Å²) in [5, 5.41) is 1.10. The van der Waals surface area contributed by atoms with Crippen molar-refractivity contribution >= 4 is 83.0 Å². The Labute approximate surface area is 213 Å². The van der Waals surface area contributed by atoms with Gasteiger partial charge in [-0.15, -0.1) is 0 Å². The van der Waals surface area contributed by atoms with E-state index in [1.165, 1.54) is 17.3 Å². The molecule has 1 aromatic heterocycles. The molecule has 0 aliphatic carbocycles. The highest BCUT2D eigenvalue weighted by Gasteiger charge is 2.34. The number of amides is 1. The van der Waals surface area contributed by atoms with Gasteiger partial charge < -0.3 is 9.30 Å². The third-order valence-corrected chi connectivity index (χ3v) is 8.11. The van der Waals surface area contributed by atoms with E-state index < -0.39 is 0 Å². The lowest BCUT2D eigenvalue weighted by Crippen LogP contribution is -2.35. The lowest BCUT2D eigenvalue weighted by atomic mass is 10.1. The molecule has 0 bridgehead atoms. The Morgan fingerprint density at radius 2 is 1.94 bits per heavy atom. The summed E-state index contributed by atoms with van der Waals surface area (Å²) >= 11 is 14.0. The molecule has 1 amide bonds. The van der Waals surface area contributed by atoms with Crippen molar-refractivity contribution in [3.8, 4) is 0 Å². The van der Waals surface area contributed by atoms with Crippen molar-refractivity contribution in [1.82, 2.24) is 9.47 Å². The molecule has 3 heterocycles. The number of fused-ring (bicyclic) bond motifs is 1. The van der Waals surface area contributed by atoms with Gasteiger partial charge in [-0.1, -0.05) is 68.0 Å². The zero-order chi connectivity index (χ0) is 22.2. The molecule has 2 aliphatic heterocycles. The summed E-state index contributed by atoms with van der Waals surface area (Å²) < 4.78 is 10.6. The van der Waals surface area contributed by atoms with Gasteiger partial charge in [0.1, 0.15) is 4.32 Å². The number of thiocarbonyl (C=S) groups is 1. The molecular weight excluding hydrogens is 572 g/mol. The average Bonchev–Trinajstić information content (AvgIpc) is 3.46. The van der Waals surface area contributed by atoms with E-state index in [2.05, 4.69) is 79.0 Å². The smallest absolute Gasteiger partial charge is 0.266 e. The third-order valence-electron chi connectivity index (χ3n) is 5.71. The van der Waals surface area contributed by atoms with Crippen LogP contribution >= 0.6 is 55.8 Å². The number of carbonyl (C=O) groups is 1. The van der Waals surface area contributed by atoms with E-state index in [4.69, 9.17) is 17.0 Å². The van der Waals surface area contributed by atoms with Crippen LogP contribution in [0.2, 0.25) is 0 Å². The minimum absolute atomic E-state index is 0.0284. The maximum absolute atomic E-state index is 13.1. The lowest BCUT2D eigenvalue weighted by Gasteiger charge is -2.18. The lowest BCUT2D eigenvalue weighted by molar-refractivity contribution is -0.123. The largest absolute Gasteiger partial charge is 0.376 e. The molecule has 3 aromatic rings. The fourth-order valence-corrected chi connectivity index (χ4v) is 6.01. The van der Waals surface area contributed by atoms with Gasteiger partial charge in [0.05, 0.1) is 17.6 Å². The average molecular weight is 592 g/mol. The summed E-state index contributed by atoms with van der Waals surface area (Å²) in [6.07, 6.45) is 6.20. The van der Waals surface area contributed by atoms with Gasteiger partial charge in [-0.25, -0.2) is 0 Å². The van der Waals surface area contributed by atoms with Crippen LogP contribution < -0.4 is 0 Å². The number of carbonyl (C=O) groups excluding carboxylic acids is 1. The predicted octanol–water partition coefficient (Wildman–Crippen LogP) is 6.59. The molecule has 4 nitrogen and oxygen atoms in total. The second-order valence-electron chi connectivity index (χ2n) is 7.93. The van der Waals surface area contributed by atoms with Crippen LogP contribution in [0.5, 0.6) is 0 Å². The van der Waals surface area contributed by atoms with E-state index in [1.807, 2.05) is 12.1 Å². The van der Waals surface area contributed by atoms with E-state index in [0.29, 0.717) is 15.8 Å². The summed E-state index contributed by atoms with van der Waals surface area (Å²) in [5.41, 5.74) is 3.34. The number of rotatable bonds is 5. The molecule has 2 saturated heterocycles. The highest BCUT2D eigenvalue weighted by atomic mass is 79.9. The Morgan fingerprint density at radius 1 is 1.16 bits per heavy atom. The van der Waals surface area contributed by atoms with E-state index in [0.717, 1.165) is 51.4 Å². The Kier molecular flexibility index (Phi) is 6.58. The number of nitrogens with zero attached hydrogens (tertiary/aromatic N) is 2. The number of thioether (sulfide) groups is 1. The number of aromatic nitrogens is 1. The van der Waals surface area contributed by atoms with Crippen molar-refractivity contribution in [3.63, 3.8) is 0 Å². The van der Waals surface area contributed by atoms with Crippen molar-refractivity contribution in [2.45, 2.75) is 25.5 Å². The number of hydrogen-bond donors (Lipinski definition) is 0. The molecule has 0 spiro atoms. The highest BCUT2D eigenvalue weighted by molar-refractivity contribution is 9.10. The van der Waals surface area contributed by atoms with E-state index in [9.17, 15) is 4.79 Å². The van der Waals surface area contributed by atoms with Crippen LogP contribution in [0.1, 0.15) is 24.0 Å². The Morgan fingerprint density at radius 3 is 2.69 bits per heavy atom. The van der Waals surface area contributed by atoms with Crippen LogP contribution in [0.3, 0.4) is 0 Å². The summed E-state index contributed by atoms with van der Waals surface area (Å²) in [6.45, 7) is 2.06. The topological polar surface area (TPSA) is 34.5 Å².